The number of hydrogen-bond donors (Lipinski definition) is 1. The minimum absolute atomic E-state index is 0.0511. The molecule has 1 aromatic carbocycles. The fraction of sp³-hybridized carbons (Fsp3) is 0.562. The average molecular weight is 355 g/mol. The first-order valence-corrected chi connectivity index (χ1v) is 8.40. The van der Waals surface area contributed by atoms with E-state index in [1.165, 1.54) is 12.5 Å². The molecule has 3 nitrogen and oxygen atoms in total. The first-order valence-electron chi connectivity index (χ1n) is 7.61. The van der Waals surface area contributed by atoms with Gasteiger partial charge in [-0.05, 0) is 40.9 Å². The van der Waals surface area contributed by atoms with Crippen molar-refractivity contribution in [3.05, 3.63) is 34.1 Å². The fourth-order valence-electron chi connectivity index (χ4n) is 3.63. The zero-order valence-electron chi connectivity index (χ0n) is 12.0. The van der Waals surface area contributed by atoms with Crippen LogP contribution in [-0.2, 0) is 0 Å². The number of hydrogen-bond acceptors (Lipinski definition) is 2. The molecular weight excluding hydrogens is 335 g/mol. The van der Waals surface area contributed by atoms with Crippen molar-refractivity contribution in [2.75, 3.05) is 19.6 Å². The highest BCUT2D eigenvalue weighted by atomic mass is 79.9. The number of nitrogens with one attached hydrogen (secondary N) is 1. The maximum atomic E-state index is 13.7. The Morgan fingerprint density at radius 3 is 2.81 bits per heavy atom. The van der Waals surface area contributed by atoms with Crippen LogP contribution in [0, 0.1) is 5.82 Å². The van der Waals surface area contributed by atoms with Crippen molar-refractivity contribution in [1.82, 2.24) is 10.2 Å². The molecule has 1 aromatic rings. The molecule has 21 heavy (non-hydrogen) atoms. The van der Waals surface area contributed by atoms with Crippen LogP contribution in [0.15, 0.2) is 22.7 Å². The summed E-state index contributed by atoms with van der Waals surface area (Å²) in [6, 6.07) is 4.67. The number of carbonyl (C=O) groups is 1. The van der Waals surface area contributed by atoms with Gasteiger partial charge in [-0.25, -0.2) is 4.39 Å². The van der Waals surface area contributed by atoms with Crippen molar-refractivity contribution in [3.8, 4) is 0 Å². The van der Waals surface area contributed by atoms with Gasteiger partial charge < -0.3 is 10.2 Å². The molecule has 1 heterocycles. The van der Waals surface area contributed by atoms with E-state index in [-0.39, 0.29) is 21.7 Å². The Balaban J connectivity index is 1.92. The smallest absolute Gasteiger partial charge is 0.255 e. The van der Waals surface area contributed by atoms with Crippen LogP contribution >= 0.6 is 15.9 Å². The van der Waals surface area contributed by atoms with E-state index < -0.39 is 0 Å². The van der Waals surface area contributed by atoms with E-state index in [1.807, 2.05) is 4.90 Å². The Morgan fingerprint density at radius 2 is 2.05 bits per heavy atom. The molecule has 1 spiro atoms. The van der Waals surface area contributed by atoms with Gasteiger partial charge in [0.2, 0.25) is 0 Å². The Labute approximate surface area is 133 Å². The molecule has 5 heteroatoms. The predicted molar refractivity (Wildman–Crippen MR) is 83.8 cm³/mol. The van der Waals surface area contributed by atoms with Crippen molar-refractivity contribution < 1.29 is 9.18 Å². The molecule has 1 aliphatic carbocycles. The van der Waals surface area contributed by atoms with Crippen molar-refractivity contribution in [1.29, 1.82) is 0 Å². The summed E-state index contributed by atoms with van der Waals surface area (Å²) in [6.07, 6.45) is 5.65. The minimum Gasteiger partial charge on any atom is -0.330 e. The minimum atomic E-state index is -0.381. The lowest BCUT2D eigenvalue weighted by molar-refractivity contribution is 0.0221. The maximum absolute atomic E-state index is 13.7. The summed E-state index contributed by atoms with van der Waals surface area (Å²) < 4.78 is 14.0. The van der Waals surface area contributed by atoms with Crippen LogP contribution in [0.5, 0.6) is 0 Å². The molecule has 1 N–H and O–H groups in total. The van der Waals surface area contributed by atoms with Gasteiger partial charge in [0.25, 0.3) is 5.91 Å². The molecule has 1 saturated heterocycles. The number of benzene rings is 1. The van der Waals surface area contributed by atoms with Gasteiger partial charge in [-0.2, -0.15) is 0 Å². The molecule has 3 rings (SSSR count). The number of rotatable bonds is 1. The van der Waals surface area contributed by atoms with Crippen LogP contribution in [0.4, 0.5) is 4.39 Å². The lowest BCUT2D eigenvalue weighted by Gasteiger charge is -2.50. The monoisotopic (exact) mass is 354 g/mol. The van der Waals surface area contributed by atoms with E-state index in [0.29, 0.717) is 12.1 Å². The number of nitrogens with zero attached hydrogens (tertiary/aromatic N) is 1. The topological polar surface area (TPSA) is 32.3 Å². The molecule has 2 aliphatic rings. The van der Waals surface area contributed by atoms with E-state index >= 15 is 0 Å². The van der Waals surface area contributed by atoms with E-state index in [0.717, 1.165) is 38.8 Å². The van der Waals surface area contributed by atoms with Crippen molar-refractivity contribution >= 4 is 21.8 Å². The summed E-state index contributed by atoms with van der Waals surface area (Å²) in [4.78, 5) is 14.9. The van der Waals surface area contributed by atoms with E-state index in [4.69, 9.17) is 0 Å². The lowest BCUT2D eigenvalue weighted by atomic mass is 9.78. The summed E-state index contributed by atoms with van der Waals surface area (Å²) >= 11 is 3.22. The van der Waals surface area contributed by atoms with E-state index in [1.54, 1.807) is 12.1 Å². The normalized spacial score (nSPS) is 21.5. The SMILES string of the molecule is O=C(c1cccc(F)c1Br)N1CCNCC12CCCCC2. The van der Waals surface area contributed by atoms with Crippen LogP contribution in [-0.4, -0.2) is 36.0 Å². The average Bonchev–Trinajstić information content (AvgIpc) is 2.51. The van der Waals surface area contributed by atoms with Gasteiger partial charge in [0.1, 0.15) is 5.82 Å². The molecule has 114 valence electrons. The third-order valence-electron chi connectivity index (χ3n) is 4.75. The number of carbonyl (C=O) groups excluding carboxylic acids is 1. The van der Waals surface area contributed by atoms with Gasteiger partial charge in [-0.1, -0.05) is 25.3 Å². The number of piperazine rings is 1. The van der Waals surface area contributed by atoms with Gasteiger partial charge in [0, 0.05) is 19.6 Å². The Kier molecular flexibility index (Phi) is 4.31. The van der Waals surface area contributed by atoms with Gasteiger partial charge in [0.15, 0.2) is 0 Å². The molecule has 2 fully saturated rings. The highest BCUT2D eigenvalue weighted by Crippen LogP contribution is 2.36. The third kappa shape index (κ3) is 2.73. The Morgan fingerprint density at radius 1 is 1.29 bits per heavy atom. The summed E-state index contributed by atoms with van der Waals surface area (Å²) in [7, 11) is 0. The highest BCUT2D eigenvalue weighted by Gasteiger charge is 2.42. The molecular formula is C16H20BrFN2O. The maximum Gasteiger partial charge on any atom is 0.255 e. The summed E-state index contributed by atoms with van der Waals surface area (Å²) in [5.41, 5.74) is 0.348. The first kappa shape index (κ1) is 15.0. The zero-order chi connectivity index (χ0) is 14.9. The predicted octanol–water partition coefficient (Wildman–Crippen LogP) is 3.34. The van der Waals surface area contributed by atoms with Gasteiger partial charge in [0.05, 0.1) is 15.6 Å². The molecule has 0 radical (unpaired) electrons. The second-order valence-electron chi connectivity index (χ2n) is 6.02. The van der Waals surface area contributed by atoms with Crippen molar-refractivity contribution in [2.24, 2.45) is 0 Å². The summed E-state index contributed by atoms with van der Waals surface area (Å²) in [5.74, 6) is -0.432. The summed E-state index contributed by atoms with van der Waals surface area (Å²) in [6.45, 7) is 2.36. The van der Waals surface area contributed by atoms with Gasteiger partial charge in [-0.15, -0.1) is 0 Å². The van der Waals surface area contributed by atoms with Crippen LogP contribution in [0.2, 0.25) is 0 Å². The molecule has 0 atom stereocenters. The third-order valence-corrected chi connectivity index (χ3v) is 5.56. The zero-order valence-corrected chi connectivity index (χ0v) is 13.6. The molecule has 1 amide bonds. The lowest BCUT2D eigenvalue weighted by Crippen LogP contribution is -2.63. The molecule has 1 aliphatic heterocycles. The fourth-order valence-corrected chi connectivity index (χ4v) is 4.07. The standard InChI is InChI=1S/C16H20BrFN2O/c17-14-12(5-4-6-13(14)18)15(21)20-10-9-19-11-16(20)7-2-1-3-8-16/h4-6,19H,1-3,7-11H2. The van der Waals surface area contributed by atoms with E-state index in [2.05, 4.69) is 21.2 Å². The molecule has 0 unspecified atom stereocenters. The molecule has 0 bridgehead atoms. The van der Waals surface area contributed by atoms with Gasteiger partial charge >= 0.3 is 0 Å². The van der Waals surface area contributed by atoms with Crippen LogP contribution in [0.25, 0.3) is 0 Å². The van der Waals surface area contributed by atoms with Crippen LogP contribution in [0.1, 0.15) is 42.5 Å². The number of amides is 1. The van der Waals surface area contributed by atoms with Crippen molar-refractivity contribution in [3.63, 3.8) is 0 Å². The summed E-state index contributed by atoms with van der Waals surface area (Å²) in [5, 5.41) is 3.43. The van der Waals surface area contributed by atoms with Gasteiger partial charge in [-0.3, -0.25) is 4.79 Å². The largest absolute Gasteiger partial charge is 0.330 e. The second kappa shape index (κ2) is 6.05. The first-order chi connectivity index (χ1) is 10.1. The van der Waals surface area contributed by atoms with Crippen LogP contribution < -0.4 is 5.32 Å². The quantitative estimate of drug-likeness (QED) is 0.838. The van der Waals surface area contributed by atoms with Crippen LogP contribution in [0.3, 0.4) is 0 Å². The van der Waals surface area contributed by atoms with E-state index in [9.17, 15) is 9.18 Å². The molecule has 0 aromatic heterocycles. The Hall–Kier alpha value is -0.940. The van der Waals surface area contributed by atoms with Crippen molar-refractivity contribution in [2.45, 2.75) is 37.6 Å². The second-order valence-corrected chi connectivity index (χ2v) is 6.81. The number of halogens is 2. The molecule has 1 saturated carbocycles. The highest BCUT2D eigenvalue weighted by molar-refractivity contribution is 9.10. The Bertz CT molecular complexity index is 535.